The van der Waals surface area contributed by atoms with Crippen molar-refractivity contribution < 1.29 is 9.53 Å². The van der Waals surface area contributed by atoms with Crippen LogP contribution in [0.2, 0.25) is 0 Å². The van der Waals surface area contributed by atoms with Gasteiger partial charge in [-0.3, -0.25) is 4.90 Å². The summed E-state index contributed by atoms with van der Waals surface area (Å²) in [6.45, 7) is 9.56. The quantitative estimate of drug-likeness (QED) is 0.695. The Labute approximate surface area is 111 Å². The maximum absolute atomic E-state index is 11.9. The van der Waals surface area contributed by atoms with E-state index in [4.69, 9.17) is 4.74 Å². The van der Waals surface area contributed by atoms with E-state index in [9.17, 15) is 4.79 Å². The van der Waals surface area contributed by atoms with Crippen molar-refractivity contribution in [2.45, 2.75) is 43.7 Å². The van der Waals surface area contributed by atoms with Crippen LogP contribution in [0.4, 0.5) is 4.79 Å². The summed E-state index contributed by atoms with van der Waals surface area (Å²) in [7, 11) is 0. The Morgan fingerprint density at radius 2 is 1.94 bits per heavy atom. The van der Waals surface area contributed by atoms with Crippen molar-refractivity contribution in [1.82, 2.24) is 9.80 Å². The number of likely N-dealkylation sites (tertiary alicyclic amines) is 2. The van der Waals surface area contributed by atoms with E-state index in [1.165, 1.54) is 0 Å². The number of amides is 1. The first-order chi connectivity index (χ1) is 7.85. The number of carbonyl (C=O) groups is 1. The molecule has 5 heteroatoms. The molecule has 0 aromatic rings. The summed E-state index contributed by atoms with van der Waals surface area (Å²) in [5.74, 6) is 0. The molecule has 1 atom stereocenters. The highest BCUT2D eigenvalue weighted by atomic mass is 79.9. The van der Waals surface area contributed by atoms with Crippen molar-refractivity contribution in [2.24, 2.45) is 0 Å². The van der Waals surface area contributed by atoms with Crippen molar-refractivity contribution >= 4 is 22.0 Å². The van der Waals surface area contributed by atoms with E-state index in [1.807, 2.05) is 25.7 Å². The second-order valence-corrected chi connectivity index (χ2v) is 7.22. The summed E-state index contributed by atoms with van der Waals surface area (Å²) in [6, 6.07) is 0.524. The summed E-state index contributed by atoms with van der Waals surface area (Å²) >= 11 is 3.58. The fourth-order valence-electron chi connectivity index (χ4n) is 2.29. The monoisotopic (exact) mass is 304 g/mol. The third-order valence-corrected chi connectivity index (χ3v) is 3.78. The lowest BCUT2D eigenvalue weighted by Gasteiger charge is -2.40. The lowest BCUT2D eigenvalue weighted by molar-refractivity contribution is 0.0271. The number of halogens is 1. The van der Waals surface area contributed by atoms with Crippen LogP contribution in [-0.4, -0.2) is 58.5 Å². The molecule has 2 heterocycles. The molecule has 0 aromatic heterocycles. The lowest BCUT2D eigenvalue weighted by Crippen LogP contribution is -2.53. The van der Waals surface area contributed by atoms with E-state index in [1.54, 1.807) is 0 Å². The third-order valence-electron chi connectivity index (χ3n) is 3.20. The van der Waals surface area contributed by atoms with Crippen molar-refractivity contribution in [3.63, 3.8) is 0 Å². The lowest BCUT2D eigenvalue weighted by atomic mass is 10.1. The number of nitrogens with zero attached hydrogens (tertiary/aromatic N) is 2. The summed E-state index contributed by atoms with van der Waals surface area (Å²) in [5.41, 5.74) is -0.396. The predicted octanol–water partition coefficient (Wildman–Crippen LogP) is 2.07. The molecular weight excluding hydrogens is 284 g/mol. The predicted molar refractivity (Wildman–Crippen MR) is 70.5 cm³/mol. The summed E-state index contributed by atoms with van der Waals surface area (Å²) in [4.78, 5) is 16.8. The van der Waals surface area contributed by atoms with Crippen LogP contribution in [0.1, 0.15) is 27.2 Å². The molecule has 0 aliphatic carbocycles. The Balaban J connectivity index is 1.79. The van der Waals surface area contributed by atoms with Crippen LogP contribution in [-0.2, 0) is 4.74 Å². The molecule has 1 unspecified atom stereocenters. The first-order valence-electron chi connectivity index (χ1n) is 6.21. The van der Waals surface area contributed by atoms with Gasteiger partial charge in [-0.1, -0.05) is 15.9 Å². The topological polar surface area (TPSA) is 32.8 Å². The Hall–Kier alpha value is -0.290. The average Bonchev–Trinajstić information content (AvgIpc) is 2.58. The average molecular weight is 305 g/mol. The number of ether oxygens (including phenoxy) is 1. The summed E-state index contributed by atoms with van der Waals surface area (Å²) in [6.07, 6.45) is 0.898. The van der Waals surface area contributed by atoms with Crippen LogP contribution in [0.25, 0.3) is 0 Å². The number of rotatable bonds is 1. The first kappa shape index (κ1) is 13.1. The molecule has 2 fully saturated rings. The molecule has 0 aromatic carbocycles. The Morgan fingerprint density at radius 1 is 1.29 bits per heavy atom. The van der Waals surface area contributed by atoms with Crippen LogP contribution in [0, 0.1) is 0 Å². The minimum Gasteiger partial charge on any atom is -0.444 e. The zero-order chi connectivity index (χ0) is 12.6. The highest BCUT2D eigenvalue weighted by molar-refractivity contribution is 9.09. The van der Waals surface area contributed by atoms with Gasteiger partial charge in [-0.25, -0.2) is 4.79 Å². The van der Waals surface area contributed by atoms with Crippen LogP contribution >= 0.6 is 15.9 Å². The molecule has 2 rings (SSSR count). The van der Waals surface area contributed by atoms with Gasteiger partial charge < -0.3 is 9.64 Å². The molecule has 2 aliphatic rings. The highest BCUT2D eigenvalue weighted by Gasteiger charge is 2.37. The van der Waals surface area contributed by atoms with Gasteiger partial charge in [0.15, 0.2) is 0 Å². The van der Waals surface area contributed by atoms with E-state index < -0.39 is 5.60 Å². The van der Waals surface area contributed by atoms with E-state index in [0.717, 1.165) is 32.6 Å². The van der Waals surface area contributed by atoms with Crippen LogP contribution in [0.3, 0.4) is 0 Å². The normalized spacial score (nSPS) is 27.1. The fraction of sp³-hybridized carbons (Fsp3) is 0.917. The van der Waals surface area contributed by atoms with E-state index in [2.05, 4.69) is 20.8 Å². The van der Waals surface area contributed by atoms with Gasteiger partial charge in [0.2, 0.25) is 0 Å². The fourth-order valence-corrected chi connectivity index (χ4v) is 3.03. The zero-order valence-electron chi connectivity index (χ0n) is 10.8. The molecule has 0 saturated carbocycles. The van der Waals surface area contributed by atoms with Crippen molar-refractivity contribution in [3.05, 3.63) is 0 Å². The van der Waals surface area contributed by atoms with Crippen LogP contribution in [0.5, 0.6) is 0 Å². The smallest absolute Gasteiger partial charge is 0.410 e. The zero-order valence-corrected chi connectivity index (χ0v) is 12.4. The second-order valence-electron chi connectivity index (χ2n) is 5.92. The third kappa shape index (κ3) is 3.35. The van der Waals surface area contributed by atoms with E-state index >= 15 is 0 Å². The van der Waals surface area contributed by atoms with Gasteiger partial charge in [0, 0.05) is 37.0 Å². The number of carbonyl (C=O) groups excluding carboxylic acids is 1. The van der Waals surface area contributed by atoms with Crippen LogP contribution in [0.15, 0.2) is 0 Å². The molecule has 0 radical (unpaired) electrons. The largest absolute Gasteiger partial charge is 0.444 e. The Morgan fingerprint density at radius 3 is 2.47 bits per heavy atom. The van der Waals surface area contributed by atoms with Crippen molar-refractivity contribution in [2.75, 3.05) is 26.2 Å². The molecule has 0 spiro atoms. The molecule has 2 aliphatic heterocycles. The minimum atomic E-state index is -0.396. The molecule has 4 nitrogen and oxygen atoms in total. The number of alkyl halides is 1. The van der Waals surface area contributed by atoms with E-state index in [-0.39, 0.29) is 6.09 Å². The van der Waals surface area contributed by atoms with Gasteiger partial charge in [0.25, 0.3) is 0 Å². The highest BCUT2D eigenvalue weighted by Crippen LogP contribution is 2.25. The van der Waals surface area contributed by atoms with Gasteiger partial charge in [-0.05, 0) is 27.2 Å². The standard InChI is InChI=1S/C12H21BrN2O2/c1-12(2,3)17-11(16)14-5-4-10(8-14)15-6-9(13)7-15/h9-10H,4-8H2,1-3H3. The molecule has 98 valence electrons. The summed E-state index contributed by atoms with van der Waals surface area (Å²) < 4.78 is 5.38. The van der Waals surface area contributed by atoms with Crippen molar-refractivity contribution in [1.29, 1.82) is 0 Å². The molecule has 0 N–H and O–H groups in total. The molecular formula is C12H21BrN2O2. The van der Waals surface area contributed by atoms with Gasteiger partial charge in [0.1, 0.15) is 5.60 Å². The van der Waals surface area contributed by atoms with Gasteiger partial charge in [-0.2, -0.15) is 0 Å². The molecule has 17 heavy (non-hydrogen) atoms. The Bertz CT molecular complexity index is 297. The number of hydrogen-bond donors (Lipinski definition) is 0. The number of hydrogen-bond acceptors (Lipinski definition) is 3. The first-order valence-corrected chi connectivity index (χ1v) is 7.13. The maximum Gasteiger partial charge on any atom is 0.410 e. The second kappa shape index (κ2) is 4.76. The van der Waals surface area contributed by atoms with Crippen LogP contribution < -0.4 is 0 Å². The SMILES string of the molecule is CC(C)(C)OC(=O)N1CCC(N2CC(Br)C2)C1. The van der Waals surface area contributed by atoms with Gasteiger partial charge in [0.05, 0.1) is 0 Å². The molecule has 0 bridgehead atoms. The Kier molecular flexibility index (Phi) is 3.69. The molecule has 1 amide bonds. The molecule has 2 saturated heterocycles. The van der Waals surface area contributed by atoms with Gasteiger partial charge >= 0.3 is 6.09 Å². The minimum absolute atomic E-state index is 0.170. The van der Waals surface area contributed by atoms with Crippen molar-refractivity contribution in [3.8, 4) is 0 Å². The van der Waals surface area contributed by atoms with E-state index in [0.29, 0.717) is 10.9 Å². The maximum atomic E-state index is 11.9. The summed E-state index contributed by atoms with van der Waals surface area (Å²) in [5, 5.41) is 0. The van der Waals surface area contributed by atoms with Gasteiger partial charge in [-0.15, -0.1) is 0 Å².